The predicted molar refractivity (Wildman–Crippen MR) is 76.3 cm³/mol. The first kappa shape index (κ1) is 14.8. The zero-order valence-electron chi connectivity index (χ0n) is 12.2. The number of piperazine rings is 1. The molecule has 0 aromatic rings. The molecule has 19 heavy (non-hydrogen) atoms. The van der Waals surface area contributed by atoms with Crippen LogP contribution in [0.4, 0.5) is 0 Å². The van der Waals surface area contributed by atoms with Crippen molar-refractivity contribution in [2.75, 3.05) is 33.2 Å². The monoisotopic (exact) mass is 268 g/mol. The molecule has 0 radical (unpaired) electrons. The summed E-state index contributed by atoms with van der Waals surface area (Å²) < 4.78 is 0. The molecule has 4 heteroatoms. The summed E-state index contributed by atoms with van der Waals surface area (Å²) in [6, 6.07) is 0.268. The van der Waals surface area contributed by atoms with Gasteiger partial charge in [-0.1, -0.05) is 25.7 Å². The highest BCUT2D eigenvalue weighted by Crippen LogP contribution is 2.30. The van der Waals surface area contributed by atoms with Gasteiger partial charge in [-0.15, -0.1) is 0 Å². The van der Waals surface area contributed by atoms with Crippen LogP contribution in [0.25, 0.3) is 0 Å². The van der Waals surface area contributed by atoms with E-state index in [1.807, 2.05) is 0 Å². The second-order valence-electron chi connectivity index (χ2n) is 6.26. The van der Waals surface area contributed by atoms with Gasteiger partial charge in [0.05, 0.1) is 6.42 Å². The number of aliphatic carboxylic acids is 1. The molecule has 0 aromatic carbocycles. The summed E-state index contributed by atoms with van der Waals surface area (Å²) in [4.78, 5) is 16.0. The molecule has 2 rings (SSSR count). The van der Waals surface area contributed by atoms with E-state index in [4.69, 9.17) is 0 Å². The molecular weight excluding hydrogens is 240 g/mol. The number of carboxylic acid groups (broad SMARTS) is 1. The van der Waals surface area contributed by atoms with E-state index < -0.39 is 5.97 Å². The van der Waals surface area contributed by atoms with Crippen LogP contribution in [0.5, 0.6) is 0 Å². The third-order valence-corrected chi connectivity index (χ3v) is 4.83. The van der Waals surface area contributed by atoms with Gasteiger partial charge in [-0.3, -0.25) is 9.69 Å². The van der Waals surface area contributed by atoms with Crippen LogP contribution in [0.2, 0.25) is 0 Å². The van der Waals surface area contributed by atoms with Gasteiger partial charge in [0.2, 0.25) is 0 Å². The molecule has 0 spiro atoms. The Morgan fingerprint density at radius 2 is 1.68 bits per heavy atom. The lowest BCUT2D eigenvalue weighted by molar-refractivity contribution is -0.139. The minimum atomic E-state index is -0.631. The van der Waals surface area contributed by atoms with Gasteiger partial charge >= 0.3 is 5.97 Å². The maximum Gasteiger partial charge on any atom is 0.304 e. The maximum atomic E-state index is 11.2. The highest BCUT2D eigenvalue weighted by Gasteiger charge is 2.31. The molecule has 2 aliphatic rings. The van der Waals surface area contributed by atoms with Crippen LogP contribution in [0.1, 0.15) is 44.9 Å². The lowest BCUT2D eigenvalue weighted by Gasteiger charge is -2.41. The van der Waals surface area contributed by atoms with E-state index in [9.17, 15) is 9.90 Å². The molecule has 0 bridgehead atoms. The summed E-state index contributed by atoms with van der Waals surface area (Å²) in [5.41, 5.74) is 0. The van der Waals surface area contributed by atoms with Crippen LogP contribution in [-0.2, 0) is 4.79 Å². The predicted octanol–water partition coefficient (Wildman–Crippen LogP) is 2.05. The smallest absolute Gasteiger partial charge is 0.304 e. The number of hydrogen-bond donors (Lipinski definition) is 1. The van der Waals surface area contributed by atoms with Crippen molar-refractivity contribution in [3.8, 4) is 0 Å². The minimum absolute atomic E-state index is 0.268. The van der Waals surface area contributed by atoms with E-state index in [2.05, 4.69) is 16.8 Å². The maximum absolute atomic E-state index is 11.2. The zero-order chi connectivity index (χ0) is 13.7. The molecule has 1 N–H and O–H groups in total. The Hall–Kier alpha value is -0.610. The molecule has 1 atom stereocenters. The van der Waals surface area contributed by atoms with Gasteiger partial charge in [-0.25, -0.2) is 0 Å². The Labute approximate surface area is 116 Å². The van der Waals surface area contributed by atoms with Crippen molar-refractivity contribution in [1.82, 2.24) is 9.80 Å². The molecule has 0 aromatic heterocycles. The fourth-order valence-corrected chi connectivity index (χ4v) is 3.62. The van der Waals surface area contributed by atoms with Crippen LogP contribution in [-0.4, -0.2) is 60.1 Å². The van der Waals surface area contributed by atoms with Crippen LogP contribution >= 0.6 is 0 Å². The summed E-state index contributed by atoms with van der Waals surface area (Å²) in [5.74, 6) is -0.0322. The number of hydrogen-bond acceptors (Lipinski definition) is 3. The van der Waals surface area contributed by atoms with Gasteiger partial charge in [0.25, 0.3) is 0 Å². The molecular formula is C15H28N2O2. The molecule has 4 nitrogen and oxygen atoms in total. The summed E-state index contributed by atoms with van der Waals surface area (Å²) >= 11 is 0. The third-order valence-electron chi connectivity index (χ3n) is 4.83. The normalized spacial score (nSPS) is 25.9. The molecule has 110 valence electrons. The quantitative estimate of drug-likeness (QED) is 0.793. The lowest BCUT2D eigenvalue weighted by atomic mass is 9.88. The highest BCUT2D eigenvalue weighted by molar-refractivity contribution is 5.67. The topological polar surface area (TPSA) is 43.8 Å². The molecule has 1 saturated carbocycles. The van der Waals surface area contributed by atoms with Crippen LogP contribution in [0, 0.1) is 5.92 Å². The van der Waals surface area contributed by atoms with Crippen molar-refractivity contribution in [2.45, 2.75) is 51.0 Å². The Morgan fingerprint density at radius 3 is 2.21 bits per heavy atom. The van der Waals surface area contributed by atoms with E-state index >= 15 is 0 Å². The number of rotatable bonds is 4. The van der Waals surface area contributed by atoms with E-state index in [0.29, 0.717) is 12.3 Å². The molecule has 2 fully saturated rings. The number of carboxylic acids is 1. The first-order valence-electron chi connectivity index (χ1n) is 7.81. The van der Waals surface area contributed by atoms with Crippen LogP contribution in [0.3, 0.4) is 0 Å². The molecule has 1 heterocycles. The number of carbonyl (C=O) groups is 1. The standard InChI is InChI=1S/C15H28N2O2/c1-16-8-10-17(11-9-16)14(12-15(18)19)13-6-4-2-3-5-7-13/h13-14H,2-12H2,1H3,(H,18,19). The summed E-state index contributed by atoms with van der Waals surface area (Å²) in [7, 11) is 2.15. The molecule has 1 saturated heterocycles. The first-order chi connectivity index (χ1) is 9.16. The molecule has 1 aliphatic heterocycles. The Balaban J connectivity index is 1.99. The molecule has 1 unspecified atom stereocenters. The van der Waals surface area contributed by atoms with Gasteiger partial charge in [0, 0.05) is 32.2 Å². The van der Waals surface area contributed by atoms with E-state index in [1.54, 1.807) is 0 Å². The van der Waals surface area contributed by atoms with Crippen LogP contribution < -0.4 is 0 Å². The van der Waals surface area contributed by atoms with Gasteiger partial charge in [-0.2, -0.15) is 0 Å². The van der Waals surface area contributed by atoms with Crippen molar-refractivity contribution in [3.63, 3.8) is 0 Å². The van der Waals surface area contributed by atoms with Crippen LogP contribution in [0.15, 0.2) is 0 Å². The fraction of sp³-hybridized carbons (Fsp3) is 0.933. The third kappa shape index (κ3) is 4.46. The van der Waals surface area contributed by atoms with Crippen molar-refractivity contribution < 1.29 is 9.90 Å². The Morgan fingerprint density at radius 1 is 1.11 bits per heavy atom. The van der Waals surface area contributed by atoms with Crippen molar-refractivity contribution in [1.29, 1.82) is 0 Å². The molecule has 0 amide bonds. The summed E-state index contributed by atoms with van der Waals surface area (Å²) in [6.07, 6.45) is 8.02. The largest absolute Gasteiger partial charge is 0.481 e. The Kier molecular flexibility index (Phi) is 5.64. The average Bonchev–Trinajstić information content (AvgIpc) is 2.65. The second kappa shape index (κ2) is 7.25. The SMILES string of the molecule is CN1CCN(C(CC(=O)O)C2CCCCCC2)CC1. The van der Waals surface area contributed by atoms with Gasteiger partial charge in [0.15, 0.2) is 0 Å². The van der Waals surface area contributed by atoms with Crippen molar-refractivity contribution in [3.05, 3.63) is 0 Å². The molecule has 1 aliphatic carbocycles. The van der Waals surface area contributed by atoms with Gasteiger partial charge in [-0.05, 0) is 25.8 Å². The average molecular weight is 268 g/mol. The first-order valence-corrected chi connectivity index (χ1v) is 7.81. The van der Waals surface area contributed by atoms with Gasteiger partial charge in [0.1, 0.15) is 0 Å². The lowest BCUT2D eigenvalue weighted by Crippen LogP contribution is -2.51. The van der Waals surface area contributed by atoms with E-state index in [1.165, 1.54) is 38.5 Å². The highest BCUT2D eigenvalue weighted by atomic mass is 16.4. The summed E-state index contributed by atoms with van der Waals surface area (Å²) in [5, 5.41) is 9.23. The van der Waals surface area contributed by atoms with Gasteiger partial charge < -0.3 is 10.0 Å². The van der Waals surface area contributed by atoms with Crippen molar-refractivity contribution in [2.24, 2.45) is 5.92 Å². The van der Waals surface area contributed by atoms with E-state index in [-0.39, 0.29) is 6.04 Å². The Bertz CT molecular complexity index is 280. The number of nitrogens with zero attached hydrogens (tertiary/aromatic N) is 2. The fourth-order valence-electron chi connectivity index (χ4n) is 3.62. The summed E-state index contributed by atoms with van der Waals surface area (Å²) in [6.45, 7) is 4.21. The minimum Gasteiger partial charge on any atom is -0.481 e. The zero-order valence-corrected chi connectivity index (χ0v) is 12.2. The van der Waals surface area contributed by atoms with Crippen molar-refractivity contribution >= 4 is 5.97 Å². The second-order valence-corrected chi connectivity index (χ2v) is 6.26. The number of likely N-dealkylation sites (N-methyl/N-ethyl adjacent to an activating group) is 1. The van der Waals surface area contributed by atoms with E-state index in [0.717, 1.165) is 26.2 Å².